The number of nitrogens with one attached hydrogen (secondary N) is 3. The number of anilines is 1. The van der Waals surface area contributed by atoms with Gasteiger partial charge in [0.15, 0.2) is 5.96 Å². The van der Waals surface area contributed by atoms with E-state index in [2.05, 4.69) is 20.9 Å². The van der Waals surface area contributed by atoms with Crippen molar-refractivity contribution < 1.29 is 19.0 Å². The molecule has 0 aliphatic rings. The lowest BCUT2D eigenvalue weighted by atomic mass is 10.3. The maximum Gasteiger partial charge on any atom is 0.221 e. The van der Waals surface area contributed by atoms with Crippen LogP contribution in [0.1, 0.15) is 20.8 Å². The van der Waals surface area contributed by atoms with Crippen molar-refractivity contribution in [1.82, 2.24) is 10.6 Å². The van der Waals surface area contributed by atoms with Crippen molar-refractivity contribution in [1.29, 1.82) is 0 Å². The van der Waals surface area contributed by atoms with E-state index in [9.17, 15) is 4.79 Å². The molecule has 1 unspecified atom stereocenters. The SMILES string of the molecule is CCNC(=NCC(C)Oc1cccc(OC)c1)NCCOc1cccc(NC(C)=O)c1.I. The zero-order valence-corrected chi connectivity index (χ0v) is 21.3. The molecule has 0 aliphatic carbocycles. The number of benzene rings is 2. The molecule has 2 aromatic rings. The summed E-state index contributed by atoms with van der Waals surface area (Å²) in [7, 11) is 1.63. The predicted molar refractivity (Wildman–Crippen MR) is 139 cm³/mol. The molecule has 0 aliphatic heterocycles. The fourth-order valence-corrected chi connectivity index (χ4v) is 2.71. The van der Waals surface area contributed by atoms with Gasteiger partial charge in [0.25, 0.3) is 0 Å². The van der Waals surface area contributed by atoms with Crippen LogP contribution >= 0.6 is 24.0 Å². The minimum Gasteiger partial charge on any atom is -0.497 e. The third-order valence-corrected chi connectivity index (χ3v) is 4.05. The minimum absolute atomic E-state index is 0. The summed E-state index contributed by atoms with van der Waals surface area (Å²) in [4.78, 5) is 15.7. The van der Waals surface area contributed by atoms with Gasteiger partial charge < -0.3 is 30.2 Å². The normalized spacial score (nSPS) is 11.6. The van der Waals surface area contributed by atoms with Gasteiger partial charge in [-0.25, -0.2) is 4.99 Å². The molecule has 3 N–H and O–H groups in total. The van der Waals surface area contributed by atoms with Crippen LogP contribution in [0, 0.1) is 0 Å². The molecule has 0 saturated heterocycles. The summed E-state index contributed by atoms with van der Waals surface area (Å²) in [6.07, 6.45) is -0.102. The third kappa shape index (κ3) is 10.6. The standard InChI is InChI=1S/C23H32N4O4.HI/c1-5-24-23(26-16-17(2)31-22-11-7-9-20(15-22)29-4)25-12-13-30-21-10-6-8-19(14-21)27-18(3)28;/h6-11,14-15,17H,5,12-13,16H2,1-4H3,(H,27,28)(H2,24,25,26);1H. The Kier molecular flexibility index (Phi) is 13.0. The summed E-state index contributed by atoms with van der Waals surface area (Å²) in [5.74, 6) is 2.77. The zero-order chi connectivity index (χ0) is 22.5. The van der Waals surface area contributed by atoms with Gasteiger partial charge in [-0.05, 0) is 38.1 Å². The van der Waals surface area contributed by atoms with Gasteiger partial charge in [0.2, 0.25) is 5.91 Å². The number of hydrogen-bond acceptors (Lipinski definition) is 5. The number of guanidine groups is 1. The van der Waals surface area contributed by atoms with Crippen LogP contribution in [-0.4, -0.2) is 51.3 Å². The van der Waals surface area contributed by atoms with Crippen LogP contribution in [0.15, 0.2) is 53.5 Å². The molecule has 176 valence electrons. The van der Waals surface area contributed by atoms with Crippen molar-refractivity contribution in [2.75, 3.05) is 38.7 Å². The van der Waals surface area contributed by atoms with E-state index in [4.69, 9.17) is 14.2 Å². The van der Waals surface area contributed by atoms with Gasteiger partial charge >= 0.3 is 0 Å². The smallest absolute Gasteiger partial charge is 0.221 e. The monoisotopic (exact) mass is 556 g/mol. The third-order valence-electron chi connectivity index (χ3n) is 4.05. The quantitative estimate of drug-likeness (QED) is 0.169. The van der Waals surface area contributed by atoms with Gasteiger partial charge in [-0.3, -0.25) is 4.79 Å². The molecule has 9 heteroatoms. The van der Waals surface area contributed by atoms with Gasteiger partial charge in [-0.15, -0.1) is 24.0 Å². The molecule has 0 bridgehead atoms. The molecule has 8 nitrogen and oxygen atoms in total. The highest BCUT2D eigenvalue weighted by Crippen LogP contribution is 2.20. The molecule has 0 radical (unpaired) electrons. The van der Waals surface area contributed by atoms with Gasteiger partial charge in [-0.2, -0.15) is 0 Å². The van der Waals surface area contributed by atoms with E-state index < -0.39 is 0 Å². The van der Waals surface area contributed by atoms with Crippen LogP contribution < -0.4 is 30.2 Å². The highest BCUT2D eigenvalue weighted by Gasteiger charge is 2.06. The Bertz CT molecular complexity index is 863. The van der Waals surface area contributed by atoms with Crippen molar-refractivity contribution in [3.8, 4) is 17.2 Å². The van der Waals surface area contributed by atoms with Crippen LogP contribution in [0.3, 0.4) is 0 Å². The van der Waals surface area contributed by atoms with Crippen molar-refractivity contribution in [3.05, 3.63) is 48.5 Å². The Hall–Kier alpha value is -2.69. The highest BCUT2D eigenvalue weighted by atomic mass is 127. The fraction of sp³-hybridized carbons (Fsp3) is 0.391. The van der Waals surface area contributed by atoms with Crippen LogP contribution in [0.25, 0.3) is 0 Å². The number of carbonyl (C=O) groups excluding carboxylic acids is 1. The second kappa shape index (κ2) is 15.2. The van der Waals surface area contributed by atoms with E-state index in [0.29, 0.717) is 37.1 Å². The zero-order valence-electron chi connectivity index (χ0n) is 19.0. The minimum atomic E-state index is -0.116. The Morgan fingerprint density at radius 1 is 1.06 bits per heavy atom. The van der Waals surface area contributed by atoms with E-state index in [1.165, 1.54) is 6.92 Å². The van der Waals surface area contributed by atoms with E-state index in [-0.39, 0.29) is 36.0 Å². The molecule has 0 fully saturated rings. The van der Waals surface area contributed by atoms with Gasteiger partial charge in [0.1, 0.15) is 30.0 Å². The first kappa shape index (κ1) is 27.3. The molecule has 1 atom stereocenters. The Labute approximate surface area is 207 Å². The van der Waals surface area contributed by atoms with Crippen LogP contribution in [-0.2, 0) is 4.79 Å². The van der Waals surface area contributed by atoms with Crippen molar-refractivity contribution in [2.24, 2.45) is 4.99 Å². The number of hydrogen-bond donors (Lipinski definition) is 3. The van der Waals surface area contributed by atoms with Gasteiger partial charge in [0, 0.05) is 31.3 Å². The second-order valence-corrected chi connectivity index (χ2v) is 6.81. The number of halogens is 1. The molecule has 2 rings (SSSR count). The number of ether oxygens (including phenoxy) is 3. The molecule has 0 heterocycles. The Morgan fingerprint density at radius 3 is 2.50 bits per heavy atom. The predicted octanol–water partition coefficient (Wildman–Crippen LogP) is 3.67. The van der Waals surface area contributed by atoms with Crippen LogP contribution in [0.4, 0.5) is 5.69 Å². The lowest BCUT2D eigenvalue weighted by Gasteiger charge is -2.16. The number of nitrogens with zero attached hydrogens (tertiary/aromatic N) is 1. The van der Waals surface area contributed by atoms with E-state index in [1.807, 2.05) is 56.3 Å². The molecule has 0 saturated carbocycles. The van der Waals surface area contributed by atoms with Crippen molar-refractivity contribution >= 4 is 41.5 Å². The van der Waals surface area contributed by atoms with E-state index in [1.54, 1.807) is 13.2 Å². The molecule has 1 amide bonds. The number of amides is 1. The highest BCUT2D eigenvalue weighted by molar-refractivity contribution is 14.0. The number of rotatable bonds is 11. The second-order valence-electron chi connectivity index (χ2n) is 6.81. The number of methoxy groups -OCH3 is 1. The fourth-order valence-electron chi connectivity index (χ4n) is 2.71. The first-order valence-corrected chi connectivity index (χ1v) is 10.3. The molecule has 32 heavy (non-hydrogen) atoms. The lowest BCUT2D eigenvalue weighted by Crippen LogP contribution is -2.40. The Balaban J connectivity index is 0.00000512. The number of carbonyl (C=O) groups is 1. The lowest BCUT2D eigenvalue weighted by molar-refractivity contribution is -0.114. The van der Waals surface area contributed by atoms with E-state index in [0.717, 1.165) is 18.0 Å². The first-order valence-electron chi connectivity index (χ1n) is 10.3. The summed E-state index contributed by atoms with van der Waals surface area (Å²) in [6, 6.07) is 14.8. The largest absolute Gasteiger partial charge is 0.497 e. The maximum atomic E-state index is 11.2. The maximum absolute atomic E-state index is 11.2. The average molecular weight is 556 g/mol. The van der Waals surface area contributed by atoms with Crippen LogP contribution in [0.5, 0.6) is 17.2 Å². The summed E-state index contributed by atoms with van der Waals surface area (Å²) in [5.41, 5.74) is 0.706. The molecular weight excluding hydrogens is 523 g/mol. The number of aliphatic imine (C=N–C) groups is 1. The van der Waals surface area contributed by atoms with Crippen molar-refractivity contribution in [2.45, 2.75) is 26.9 Å². The summed E-state index contributed by atoms with van der Waals surface area (Å²) < 4.78 is 16.9. The summed E-state index contributed by atoms with van der Waals surface area (Å²) >= 11 is 0. The topological polar surface area (TPSA) is 93.2 Å². The molecule has 0 aromatic heterocycles. The first-order chi connectivity index (χ1) is 15.0. The summed E-state index contributed by atoms with van der Waals surface area (Å²) in [6.45, 7) is 7.71. The molecule has 2 aromatic carbocycles. The van der Waals surface area contributed by atoms with Gasteiger partial charge in [0.05, 0.1) is 20.2 Å². The average Bonchev–Trinajstić information content (AvgIpc) is 2.75. The van der Waals surface area contributed by atoms with E-state index >= 15 is 0 Å². The van der Waals surface area contributed by atoms with Gasteiger partial charge in [-0.1, -0.05) is 12.1 Å². The molecular formula is C23H33IN4O4. The summed E-state index contributed by atoms with van der Waals surface area (Å²) in [5, 5.41) is 9.19. The Morgan fingerprint density at radius 2 is 1.78 bits per heavy atom. The molecule has 0 spiro atoms. The van der Waals surface area contributed by atoms with Crippen molar-refractivity contribution in [3.63, 3.8) is 0 Å². The van der Waals surface area contributed by atoms with Crippen LogP contribution in [0.2, 0.25) is 0 Å².